The molecule has 2 aliphatic rings. The molecule has 1 aliphatic heterocycles. The molecule has 1 saturated heterocycles. The van der Waals surface area contributed by atoms with Crippen LogP contribution in [-0.2, 0) is 9.59 Å². The van der Waals surface area contributed by atoms with E-state index in [9.17, 15) is 14.7 Å². The van der Waals surface area contributed by atoms with Gasteiger partial charge in [-0.3, -0.25) is 4.79 Å². The van der Waals surface area contributed by atoms with Crippen LogP contribution in [0.3, 0.4) is 0 Å². The Kier molecular flexibility index (Phi) is 4.91. The van der Waals surface area contributed by atoms with Gasteiger partial charge >= 0.3 is 5.97 Å². The Morgan fingerprint density at radius 3 is 2.48 bits per heavy atom. The minimum Gasteiger partial charge on any atom is -0.480 e. The van der Waals surface area contributed by atoms with E-state index in [1.165, 1.54) is 24.2 Å². The van der Waals surface area contributed by atoms with Crippen molar-refractivity contribution >= 4 is 11.9 Å². The maximum absolute atomic E-state index is 12.8. The van der Waals surface area contributed by atoms with Crippen LogP contribution in [-0.4, -0.2) is 46.1 Å². The number of piperidine rings is 1. The number of nitrogens with zero attached hydrogens (tertiary/aromatic N) is 1. The van der Waals surface area contributed by atoms with E-state index in [1.807, 2.05) is 6.92 Å². The summed E-state index contributed by atoms with van der Waals surface area (Å²) in [6.07, 6.45) is 6.84. The molecule has 0 bridgehead atoms. The van der Waals surface area contributed by atoms with Gasteiger partial charge in [-0.15, -0.1) is 0 Å². The standard InChI is InChI=1S/C16H28N2O3/c1-4-18(16(2,3)15(20)21)14(19)13-10-9-11-7-5-6-8-12(11)17-13/h11-13,17H,4-10H2,1-3H3,(H,20,21). The summed E-state index contributed by atoms with van der Waals surface area (Å²) in [6.45, 7) is 5.46. The molecule has 0 radical (unpaired) electrons. The Labute approximate surface area is 127 Å². The Balaban J connectivity index is 2.06. The van der Waals surface area contributed by atoms with Gasteiger partial charge in [-0.2, -0.15) is 0 Å². The Morgan fingerprint density at radius 2 is 1.86 bits per heavy atom. The molecule has 1 amide bonds. The van der Waals surface area contributed by atoms with Gasteiger partial charge in [-0.1, -0.05) is 12.8 Å². The van der Waals surface area contributed by atoms with E-state index in [0.29, 0.717) is 18.5 Å². The van der Waals surface area contributed by atoms with Gasteiger partial charge in [0.1, 0.15) is 5.54 Å². The summed E-state index contributed by atoms with van der Waals surface area (Å²) in [6, 6.07) is 0.219. The molecular weight excluding hydrogens is 268 g/mol. The summed E-state index contributed by atoms with van der Waals surface area (Å²) in [7, 11) is 0. The number of amides is 1. The van der Waals surface area contributed by atoms with Crippen LogP contribution in [0.5, 0.6) is 0 Å². The normalized spacial score (nSPS) is 29.6. The van der Waals surface area contributed by atoms with Crippen LogP contribution in [0.4, 0.5) is 0 Å². The number of carbonyl (C=O) groups is 2. The largest absolute Gasteiger partial charge is 0.480 e. The lowest BCUT2D eigenvalue weighted by molar-refractivity contribution is -0.158. The number of hydrogen-bond acceptors (Lipinski definition) is 3. The van der Waals surface area contributed by atoms with Crippen LogP contribution in [0, 0.1) is 5.92 Å². The predicted octanol–water partition coefficient (Wildman–Crippen LogP) is 2.01. The molecule has 5 heteroatoms. The fraction of sp³-hybridized carbons (Fsp3) is 0.875. The molecule has 1 saturated carbocycles. The molecule has 21 heavy (non-hydrogen) atoms. The van der Waals surface area contributed by atoms with E-state index in [2.05, 4.69) is 5.32 Å². The summed E-state index contributed by atoms with van der Waals surface area (Å²) >= 11 is 0. The van der Waals surface area contributed by atoms with Gasteiger partial charge in [-0.25, -0.2) is 4.79 Å². The molecule has 0 aromatic carbocycles. The van der Waals surface area contributed by atoms with Crippen molar-refractivity contribution in [3.63, 3.8) is 0 Å². The van der Waals surface area contributed by atoms with Gasteiger partial charge < -0.3 is 15.3 Å². The number of hydrogen-bond donors (Lipinski definition) is 2. The smallest absolute Gasteiger partial charge is 0.329 e. The maximum atomic E-state index is 12.8. The van der Waals surface area contributed by atoms with Crippen molar-refractivity contribution in [2.75, 3.05) is 6.54 Å². The third-order valence-corrected chi connectivity index (χ3v) is 5.23. The monoisotopic (exact) mass is 296 g/mol. The molecule has 0 spiro atoms. The highest BCUT2D eigenvalue weighted by atomic mass is 16.4. The maximum Gasteiger partial charge on any atom is 0.329 e. The minimum atomic E-state index is -1.16. The van der Waals surface area contributed by atoms with Gasteiger partial charge in [0.15, 0.2) is 0 Å². The molecule has 1 heterocycles. The highest BCUT2D eigenvalue weighted by Crippen LogP contribution is 2.33. The van der Waals surface area contributed by atoms with Crippen molar-refractivity contribution < 1.29 is 14.7 Å². The second-order valence-electron chi connectivity index (χ2n) is 6.89. The zero-order valence-electron chi connectivity index (χ0n) is 13.4. The first-order valence-corrected chi connectivity index (χ1v) is 8.18. The SMILES string of the molecule is CCN(C(=O)C1CCC2CCCCC2N1)C(C)(C)C(=O)O. The van der Waals surface area contributed by atoms with Crippen LogP contribution < -0.4 is 5.32 Å². The average Bonchev–Trinajstić information content (AvgIpc) is 2.46. The van der Waals surface area contributed by atoms with Crippen molar-refractivity contribution in [3.05, 3.63) is 0 Å². The third-order valence-electron chi connectivity index (χ3n) is 5.23. The minimum absolute atomic E-state index is 0.0612. The molecule has 1 aliphatic carbocycles. The fourth-order valence-electron chi connectivity index (χ4n) is 3.82. The zero-order valence-corrected chi connectivity index (χ0v) is 13.4. The average molecular weight is 296 g/mol. The number of carboxylic acids is 1. The van der Waals surface area contributed by atoms with Crippen LogP contribution in [0.2, 0.25) is 0 Å². The van der Waals surface area contributed by atoms with E-state index in [4.69, 9.17) is 0 Å². The molecule has 3 unspecified atom stereocenters. The summed E-state index contributed by atoms with van der Waals surface area (Å²) in [5.74, 6) is -0.316. The highest BCUT2D eigenvalue weighted by Gasteiger charge is 2.42. The van der Waals surface area contributed by atoms with Gasteiger partial charge in [0.25, 0.3) is 0 Å². The van der Waals surface area contributed by atoms with Crippen LogP contribution in [0.25, 0.3) is 0 Å². The van der Waals surface area contributed by atoms with Crippen molar-refractivity contribution in [2.45, 2.75) is 76.9 Å². The van der Waals surface area contributed by atoms with Crippen molar-refractivity contribution in [1.29, 1.82) is 0 Å². The molecule has 2 N–H and O–H groups in total. The van der Waals surface area contributed by atoms with Crippen LogP contribution in [0.15, 0.2) is 0 Å². The summed E-state index contributed by atoms with van der Waals surface area (Å²) in [4.78, 5) is 25.7. The summed E-state index contributed by atoms with van der Waals surface area (Å²) < 4.78 is 0. The van der Waals surface area contributed by atoms with Crippen LogP contribution >= 0.6 is 0 Å². The molecule has 5 nitrogen and oxygen atoms in total. The zero-order chi connectivity index (χ0) is 15.6. The van der Waals surface area contributed by atoms with E-state index in [0.717, 1.165) is 19.3 Å². The summed E-state index contributed by atoms with van der Waals surface area (Å²) in [5, 5.41) is 12.9. The first-order valence-electron chi connectivity index (χ1n) is 8.18. The lowest BCUT2D eigenvalue weighted by atomic mass is 9.77. The molecule has 0 aromatic rings. The first kappa shape index (κ1) is 16.3. The first-order chi connectivity index (χ1) is 9.87. The topological polar surface area (TPSA) is 69.6 Å². The number of carboxylic acid groups (broad SMARTS) is 1. The molecule has 120 valence electrons. The van der Waals surface area contributed by atoms with E-state index < -0.39 is 11.5 Å². The number of nitrogens with one attached hydrogen (secondary N) is 1. The second kappa shape index (κ2) is 6.34. The number of carbonyl (C=O) groups excluding carboxylic acids is 1. The van der Waals surface area contributed by atoms with Gasteiger partial charge in [0.2, 0.25) is 5.91 Å². The molecule has 2 rings (SSSR count). The number of rotatable bonds is 4. The van der Waals surface area contributed by atoms with Crippen molar-refractivity contribution in [1.82, 2.24) is 10.2 Å². The lowest BCUT2D eigenvalue weighted by Gasteiger charge is -2.43. The Morgan fingerprint density at radius 1 is 1.19 bits per heavy atom. The molecule has 2 fully saturated rings. The van der Waals surface area contributed by atoms with E-state index in [-0.39, 0.29) is 11.9 Å². The van der Waals surface area contributed by atoms with Gasteiger partial charge in [0.05, 0.1) is 6.04 Å². The van der Waals surface area contributed by atoms with E-state index >= 15 is 0 Å². The molecule has 3 atom stereocenters. The third kappa shape index (κ3) is 3.23. The Bertz CT molecular complexity index is 408. The number of fused-ring (bicyclic) bond motifs is 1. The summed E-state index contributed by atoms with van der Waals surface area (Å²) in [5.41, 5.74) is -1.16. The van der Waals surface area contributed by atoms with Crippen molar-refractivity contribution in [2.24, 2.45) is 5.92 Å². The predicted molar refractivity (Wildman–Crippen MR) is 81.0 cm³/mol. The van der Waals surface area contributed by atoms with Crippen LogP contribution in [0.1, 0.15) is 59.3 Å². The lowest BCUT2D eigenvalue weighted by Crippen LogP contribution is -2.61. The number of aliphatic carboxylic acids is 1. The van der Waals surface area contributed by atoms with Gasteiger partial charge in [0, 0.05) is 12.6 Å². The highest BCUT2D eigenvalue weighted by molar-refractivity contribution is 5.89. The van der Waals surface area contributed by atoms with Gasteiger partial charge in [-0.05, 0) is 52.4 Å². The second-order valence-corrected chi connectivity index (χ2v) is 6.89. The van der Waals surface area contributed by atoms with E-state index in [1.54, 1.807) is 13.8 Å². The Hall–Kier alpha value is -1.10. The molecular formula is C16H28N2O3. The quantitative estimate of drug-likeness (QED) is 0.832. The number of likely N-dealkylation sites (N-methyl/N-ethyl adjacent to an activating group) is 1. The molecule has 0 aromatic heterocycles. The van der Waals surface area contributed by atoms with Crippen molar-refractivity contribution in [3.8, 4) is 0 Å². The fourth-order valence-corrected chi connectivity index (χ4v) is 3.82.